The normalized spacial score (nSPS) is 11.0. The van der Waals surface area contributed by atoms with Crippen LogP contribution in [0, 0.1) is 6.92 Å². The molecule has 0 spiro atoms. The molecule has 0 amide bonds. The number of carbonyl (C=O) groups excluding carboxylic acids is 1. The third-order valence-corrected chi connectivity index (χ3v) is 4.77. The first kappa shape index (κ1) is 16.2. The molecule has 3 nitrogen and oxygen atoms in total. The van der Waals surface area contributed by atoms with E-state index in [2.05, 4.69) is 22.6 Å². The summed E-state index contributed by atoms with van der Waals surface area (Å²) in [5.41, 5.74) is 1.70. The molecule has 0 atom stereocenters. The number of phenols is 1. The van der Waals surface area contributed by atoms with Gasteiger partial charge in [0.2, 0.25) is 0 Å². The molecule has 0 saturated carbocycles. The van der Waals surface area contributed by atoms with E-state index in [1.54, 1.807) is 24.7 Å². The average Bonchev–Trinajstić information content (AvgIpc) is 3.22. The number of Topliss-reactive ketones (excluding diaryl/α,β-unsaturated/α-hetero) is 1. The molecule has 128 valence electrons. The van der Waals surface area contributed by atoms with Gasteiger partial charge in [0.05, 0.1) is 12.5 Å². The van der Waals surface area contributed by atoms with E-state index in [0.29, 0.717) is 10.9 Å². The first-order chi connectivity index (χ1) is 12.6. The van der Waals surface area contributed by atoms with Crippen molar-refractivity contribution in [3.05, 3.63) is 78.3 Å². The van der Waals surface area contributed by atoms with Gasteiger partial charge in [0, 0.05) is 16.3 Å². The number of rotatable bonds is 1. The molecule has 1 N–H and O–H groups in total. The highest BCUT2D eigenvalue weighted by atomic mass is 16.3. The zero-order valence-corrected chi connectivity index (χ0v) is 14.6. The van der Waals surface area contributed by atoms with E-state index < -0.39 is 0 Å². The SMILES string of the molecule is CC(=O)c1ccc2ccc3ccc(C)c4cc(O)c1c2c34.c1ccoc1. The Labute approximate surface area is 150 Å². The van der Waals surface area contributed by atoms with Crippen LogP contribution < -0.4 is 0 Å². The fourth-order valence-corrected chi connectivity index (χ4v) is 3.55. The van der Waals surface area contributed by atoms with E-state index in [-0.39, 0.29) is 11.5 Å². The predicted octanol–water partition coefficient (Wildman–Crippen LogP) is 6.08. The highest BCUT2D eigenvalue weighted by Gasteiger charge is 2.17. The third-order valence-electron chi connectivity index (χ3n) is 4.77. The van der Waals surface area contributed by atoms with Gasteiger partial charge < -0.3 is 9.52 Å². The van der Waals surface area contributed by atoms with Gasteiger partial charge in [0.25, 0.3) is 0 Å². The van der Waals surface area contributed by atoms with Gasteiger partial charge in [-0.05, 0) is 59.2 Å². The Morgan fingerprint density at radius 3 is 2.12 bits per heavy atom. The Morgan fingerprint density at radius 2 is 1.50 bits per heavy atom. The van der Waals surface area contributed by atoms with Crippen LogP contribution in [0.3, 0.4) is 0 Å². The molecule has 5 rings (SSSR count). The summed E-state index contributed by atoms with van der Waals surface area (Å²) < 4.78 is 4.58. The van der Waals surface area contributed by atoms with Crippen molar-refractivity contribution in [2.45, 2.75) is 13.8 Å². The van der Waals surface area contributed by atoms with Gasteiger partial charge in [0.15, 0.2) is 5.78 Å². The number of furan rings is 1. The number of phenolic OH excluding ortho intramolecular Hbond substituents is 1. The molecule has 5 aromatic rings. The number of aromatic hydroxyl groups is 1. The maximum absolute atomic E-state index is 11.9. The van der Waals surface area contributed by atoms with Crippen LogP contribution >= 0.6 is 0 Å². The maximum Gasteiger partial charge on any atom is 0.160 e. The van der Waals surface area contributed by atoms with Gasteiger partial charge in [-0.15, -0.1) is 0 Å². The summed E-state index contributed by atoms with van der Waals surface area (Å²) in [7, 11) is 0. The van der Waals surface area contributed by atoms with Crippen molar-refractivity contribution < 1.29 is 14.3 Å². The molecule has 3 heteroatoms. The van der Waals surface area contributed by atoms with Gasteiger partial charge in [-0.25, -0.2) is 0 Å². The topological polar surface area (TPSA) is 50.4 Å². The van der Waals surface area contributed by atoms with E-state index in [1.807, 2.05) is 31.2 Å². The number of carbonyl (C=O) groups is 1. The molecule has 0 bridgehead atoms. The highest BCUT2D eigenvalue weighted by molar-refractivity contribution is 6.28. The second-order valence-corrected chi connectivity index (χ2v) is 6.42. The van der Waals surface area contributed by atoms with Crippen LogP contribution in [0.1, 0.15) is 22.8 Å². The fraction of sp³-hybridized carbons (Fsp3) is 0.0870. The average molecular weight is 342 g/mol. The van der Waals surface area contributed by atoms with Crippen LogP contribution in [0.5, 0.6) is 5.75 Å². The second-order valence-electron chi connectivity index (χ2n) is 6.42. The van der Waals surface area contributed by atoms with E-state index in [1.165, 1.54) is 6.92 Å². The van der Waals surface area contributed by atoms with Crippen molar-refractivity contribution in [1.82, 2.24) is 0 Å². The smallest absolute Gasteiger partial charge is 0.160 e. The number of ketones is 1. The lowest BCUT2D eigenvalue weighted by atomic mass is 9.89. The maximum atomic E-state index is 11.9. The minimum atomic E-state index is -0.0278. The standard InChI is InChI=1S/C19H14O2.C4H4O/c1-10-3-4-12-5-6-13-7-8-14(11(2)20)19-16(21)9-15(10)17(12)18(13)19;1-2-4-5-3-1/h3-9,21H,1-2H3;1-4H. The Morgan fingerprint density at radius 1 is 0.885 bits per heavy atom. The highest BCUT2D eigenvalue weighted by Crippen LogP contribution is 2.41. The Balaban J connectivity index is 0.000000292. The van der Waals surface area contributed by atoms with Crippen molar-refractivity contribution in [2.75, 3.05) is 0 Å². The van der Waals surface area contributed by atoms with E-state index in [4.69, 9.17) is 0 Å². The summed E-state index contributed by atoms with van der Waals surface area (Å²) in [6.45, 7) is 3.58. The second kappa shape index (κ2) is 6.19. The Kier molecular flexibility index (Phi) is 3.85. The number of hydrogen-bond acceptors (Lipinski definition) is 3. The quantitative estimate of drug-likeness (QED) is 0.297. The Bertz CT molecular complexity index is 1200. The summed E-state index contributed by atoms with van der Waals surface area (Å²) in [5, 5.41) is 16.5. The van der Waals surface area contributed by atoms with Crippen molar-refractivity contribution in [2.24, 2.45) is 0 Å². The fourth-order valence-electron chi connectivity index (χ4n) is 3.55. The van der Waals surface area contributed by atoms with Crippen molar-refractivity contribution in [1.29, 1.82) is 0 Å². The van der Waals surface area contributed by atoms with Crippen molar-refractivity contribution >= 4 is 38.1 Å². The molecular formula is C23H18O3. The van der Waals surface area contributed by atoms with Crippen LogP contribution in [0.4, 0.5) is 0 Å². The molecule has 0 unspecified atom stereocenters. The lowest BCUT2D eigenvalue weighted by Crippen LogP contribution is -1.96. The summed E-state index contributed by atoms with van der Waals surface area (Å²) >= 11 is 0. The molecule has 0 radical (unpaired) electrons. The van der Waals surface area contributed by atoms with E-state index >= 15 is 0 Å². The molecular weight excluding hydrogens is 324 g/mol. The molecule has 0 aliphatic heterocycles. The van der Waals surface area contributed by atoms with Gasteiger partial charge in [-0.2, -0.15) is 0 Å². The minimum Gasteiger partial charge on any atom is -0.507 e. The molecule has 1 aromatic heterocycles. The lowest BCUT2D eigenvalue weighted by Gasteiger charge is -2.15. The summed E-state index contributed by atoms with van der Waals surface area (Å²) in [4.78, 5) is 11.9. The van der Waals surface area contributed by atoms with Crippen LogP contribution in [-0.2, 0) is 0 Å². The minimum absolute atomic E-state index is 0.0278. The van der Waals surface area contributed by atoms with Crippen LogP contribution in [0.25, 0.3) is 32.3 Å². The zero-order valence-electron chi connectivity index (χ0n) is 14.6. The largest absolute Gasteiger partial charge is 0.507 e. The zero-order chi connectivity index (χ0) is 18.3. The van der Waals surface area contributed by atoms with Crippen molar-refractivity contribution in [3.8, 4) is 5.75 Å². The monoisotopic (exact) mass is 342 g/mol. The summed E-state index contributed by atoms with van der Waals surface area (Å²) in [6.07, 6.45) is 3.25. The van der Waals surface area contributed by atoms with Gasteiger partial charge in [-0.1, -0.05) is 36.4 Å². The van der Waals surface area contributed by atoms with Gasteiger partial charge >= 0.3 is 0 Å². The number of aryl methyl sites for hydroxylation is 1. The molecule has 26 heavy (non-hydrogen) atoms. The third kappa shape index (κ3) is 2.49. The van der Waals surface area contributed by atoms with Crippen LogP contribution in [0.15, 0.2) is 71.5 Å². The molecule has 0 aliphatic rings. The van der Waals surface area contributed by atoms with Gasteiger partial charge in [-0.3, -0.25) is 4.79 Å². The molecule has 0 aliphatic carbocycles. The molecule has 0 saturated heterocycles. The van der Waals surface area contributed by atoms with E-state index in [0.717, 1.165) is 32.5 Å². The number of hydrogen-bond donors (Lipinski definition) is 1. The number of benzene rings is 4. The Hall–Kier alpha value is -3.33. The van der Waals surface area contributed by atoms with E-state index in [9.17, 15) is 9.90 Å². The predicted molar refractivity (Wildman–Crippen MR) is 105 cm³/mol. The first-order valence-electron chi connectivity index (χ1n) is 8.46. The van der Waals surface area contributed by atoms with Crippen molar-refractivity contribution in [3.63, 3.8) is 0 Å². The molecule has 1 heterocycles. The van der Waals surface area contributed by atoms with Gasteiger partial charge in [0.1, 0.15) is 5.75 Å². The molecule has 4 aromatic carbocycles. The summed E-state index contributed by atoms with van der Waals surface area (Å²) in [5.74, 6) is 0.153. The lowest BCUT2D eigenvalue weighted by molar-refractivity contribution is 0.101. The molecule has 0 fully saturated rings. The van der Waals surface area contributed by atoms with Crippen LogP contribution in [-0.4, -0.2) is 10.9 Å². The summed E-state index contributed by atoms with van der Waals surface area (Å²) in [6, 6.07) is 17.5. The van der Waals surface area contributed by atoms with Crippen LogP contribution in [0.2, 0.25) is 0 Å². The first-order valence-corrected chi connectivity index (χ1v) is 8.46.